The molecule has 0 aliphatic rings. The average molecular weight is 301 g/mol. The van der Waals surface area contributed by atoms with Crippen molar-refractivity contribution in [3.8, 4) is 0 Å². The third-order valence-corrected chi connectivity index (χ3v) is 4.41. The molecule has 2 nitrogen and oxygen atoms in total. The van der Waals surface area contributed by atoms with E-state index in [0.717, 1.165) is 14.6 Å². The Kier molecular flexibility index (Phi) is 4.50. The fraction of sp³-hybridized carbons (Fsp3) is 0.250. The van der Waals surface area contributed by atoms with Crippen LogP contribution in [0.15, 0.2) is 22.7 Å². The number of hydrogen-bond acceptors (Lipinski definition) is 2. The number of fused-ring (bicyclic) bond motifs is 1. The van der Waals surface area contributed by atoms with E-state index in [-0.39, 0.29) is 0 Å². The van der Waals surface area contributed by atoms with E-state index in [0.29, 0.717) is 5.56 Å². The summed E-state index contributed by atoms with van der Waals surface area (Å²) < 4.78 is 2.11. The largest absolute Gasteiger partial charge is 0.478 e. The summed E-state index contributed by atoms with van der Waals surface area (Å²) in [6.45, 7) is 6.01. The Labute approximate surface area is 107 Å². The molecule has 0 radical (unpaired) electrons. The number of carboxylic acids is 1. The van der Waals surface area contributed by atoms with Crippen LogP contribution in [0.25, 0.3) is 10.1 Å². The number of rotatable bonds is 1. The van der Waals surface area contributed by atoms with E-state index in [1.54, 1.807) is 23.5 Å². The van der Waals surface area contributed by atoms with E-state index < -0.39 is 5.97 Å². The molecule has 0 amide bonds. The average Bonchev–Trinajstić information content (AvgIpc) is 2.57. The van der Waals surface area contributed by atoms with Gasteiger partial charge in [0.05, 0.1) is 5.56 Å². The Bertz CT molecular complexity index is 517. The lowest BCUT2D eigenvalue weighted by atomic mass is 10.1. The molecule has 86 valence electrons. The quantitative estimate of drug-likeness (QED) is 0.829. The van der Waals surface area contributed by atoms with Gasteiger partial charge in [-0.1, -0.05) is 13.8 Å². The lowest BCUT2D eigenvalue weighted by molar-refractivity contribution is 0.0697. The molecule has 1 aromatic carbocycles. The molecule has 2 rings (SSSR count). The van der Waals surface area contributed by atoms with Crippen LogP contribution < -0.4 is 0 Å². The van der Waals surface area contributed by atoms with Gasteiger partial charge in [-0.15, -0.1) is 11.3 Å². The maximum Gasteiger partial charge on any atom is 0.335 e. The molecule has 1 aromatic heterocycles. The Morgan fingerprint density at radius 2 is 2.00 bits per heavy atom. The minimum Gasteiger partial charge on any atom is -0.478 e. The maximum atomic E-state index is 10.8. The summed E-state index contributed by atoms with van der Waals surface area (Å²) in [7, 11) is 0. The summed E-state index contributed by atoms with van der Waals surface area (Å²) >= 11 is 5.11. The molecule has 0 spiro atoms. The molecule has 0 saturated heterocycles. The van der Waals surface area contributed by atoms with Gasteiger partial charge in [0.1, 0.15) is 0 Å². The van der Waals surface area contributed by atoms with Crippen molar-refractivity contribution in [2.75, 3.05) is 0 Å². The van der Waals surface area contributed by atoms with Gasteiger partial charge in [0, 0.05) is 19.4 Å². The van der Waals surface area contributed by atoms with Crippen LogP contribution in [0.3, 0.4) is 0 Å². The predicted molar refractivity (Wildman–Crippen MR) is 72.6 cm³/mol. The summed E-state index contributed by atoms with van der Waals surface area (Å²) in [5, 5.41) is 9.81. The van der Waals surface area contributed by atoms with Gasteiger partial charge in [0.2, 0.25) is 0 Å². The molecule has 1 heterocycles. The van der Waals surface area contributed by atoms with Crippen molar-refractivity contribution in [1.29, 1.82) is 0 Å². The van der Waals surface area contributed by atoms with Crippen LogP contribution in [0.2, 0.25) is 0 Å². The van der Waals surface area contributed by atoms with Gasteiger partial charge in [-0.05, 0) is 41.1 Å². The monoisotopic (exact) mass is 300 g/mol. The number of carbonyl (C=O) groups is 1. The Morgan fingerprint density at radius 1 is 1.38 bits per heavy atom. The van der Waals surface area contributed by atoms with E-state index in [1.807, 2.05) is 26.8 Å². The van der Waals surface area contributed by atoms with Crippen molar-refractivity contribution in [2.24, 2.45) is 0 Å². The highest BCUT2D eigenvalue weighted by Crippen LogP contribution is 2.35. The van der Waals surface area contributed by atoms with E-state index in [9.17, 15) is 4.79 Å². The van der Waals surface area contributed by atoms with Gasteiger partial charge >= 0.3 is 5.97 Å². The highest BCUT2D eigenvalue weighted by Gasteiger charge is 2.09. The first kappa shape index (κ1) is 13.2. The van der Waals surface area contributed by atoms with E-state index in [2.05, 4.69) is 15.9 Å². The minimum atomic E-state index is -0.886. The number of halogens is 1. The highest BCUT2D eigenvalue weighted by atomic mass is 79.9. The number of thiophene rings is 1. The van der Waals surface area contributed by atoms with E-state index >= 15 is 0 Å². The SMILES string of the molecule is CC.Cc1sc2ccc(C(=O)O)cc2c1Br. The third kappa shape index (κ3) is 2.44. The van der Waals surface area contributed by atoms with Crippen LogP contribution in [0.1, 0.15) is 29.1 Å². The zero-order valence-corrected chi connectivity index (χ0v) is 11.8. The van der Waals surface area contributed by atoms with Crippen LogP contribution in [-0.2, 0) is 0 Å². The second-order valence-corrected chi connectivity index (χ2v) is 5.04. The normalized spacial score (nSPS) is 9.75. The molecular formula is C12H13BrO2S. The molecule has 0 bridgehead atoms. The first-order chi connectivity index (χ1) is 7.59. The van der Waals surface area contributed by atoms with E-state index in [1.165, 1.54) is 4.88 Å². The third-order valence-electron chi connectivity index (χ3n) is 2.04. The Hall–Kier alpha value is -0.870. The number of benzene rings is 1. The molecule has 0 unspecified atom stereocenters. The van der Waals surface area contributed by atoms with Gasteiger partial charge in [-0.2, -0.15) is 0 Å². The van der Waals surface area contributed by atoms with Gasteiger partial charge < -0.3 is 5.11 Å². The zero-order chi connectivity index (χ0) is 12.3. The molecule has 4 heteroatoms. The molecule has 0 fully saturated rings. The fourth-order valence-corrected chi connectivity index (χ4v) is 2.96. The predicted octanol–water partition coefficient (Wildman–Crippen LogP) is 4.70. The molecule has 0 aliphatic heterocycles. The van der Waals surface area contributed by atoms with Crippen LogP contribution in [0, 0.1) is 6.92 Å². The second-order valence-electron chi connectivity index (χ2n) is 2.99. The van der Waals surface area contributed by atoms with Crippen LogP contribution in [0.5, 0.6) is 0 Å². The van der Waals surface area contributed by atoms with Crippen molar-refractivity contribution in [3.63, 3.8) is 0 Å². The lowest BCUT2D eigenvalue weighted by Gasteiger charge is -1.94. The maximum absolute atomic E-state index is 10.8. The summed E-state index contributed by atoms with van der Waals surface area (Å²) in [5.74, 6) is -0.886. The van der Waals surface area contributed by atoms with Crippen molar-refractivity contribution >= 4 is 43.3 Å². The molecule has 16 heavy (non-hydrogen) atoms. The number of aromatic carboxylic acids is 1. The van der Waals surface area contributed by atoms with Crippen LogP contribution in [0.4, 0.5) is 0 Å². The Balaban J connectivity index is 0.000000606. The second kappa shape index (κ2) is 5.46. The number of aryl methyl sites for hydroxylation is 1. The van der Waals surface area contributed by atoms with Crippen LogP contribution >= 0.6 is 27.3 Å². The topological polar surface area (TPSA) is 37.3 Å². The molecule has 2 aromatic rings. The van der Waals surface area contributed by atoms with Gasteiger partial charge in [-0.3, -0.25) is 0 Å². The molecule has 0 atom stereocenters. The van der Waals surface area contributed by atoms with Crippen molar-refractivity contribution in [1.82, 2.24) is 0 Å². The molecule has 0 saturated carbocycles. The Morgan fingerprint density at radius 3 is 2.56 bits per heavy atom. The summed E-state index contributed by atoms with van der Waals surface area (Å²) in [6, 6.07) is 5.18. The smallest absolute Gasteiger partial charge is 0.335 e. The number of carboxylic acid groups (broad SMARTS) is 1. The molecule has 1 N–H and O–H groups in total. The zero-order valence-electron chi connectivity index (χ0n) is 9.37. The standard InChI is InChI=1S/C10H7BrO2S.C2H6/c1-5-9(11)7-4-6(10(12)13)2-3-8(7)14-5;1-2/h2-4H,1H3,(H,12,13);1-2H3. The summed E-state index contributed by atoms with van der Waals surface area (Å²) in [5.41, 5.74) is 0.330. The van der Waals surface area contributed by atoms with Gasteiger partial charge in [-0.25, -0.2) is 4.79 Å². The van der Waals surface area contributed by atoms with Gasteiger partial charge in [0.25, 0.3) is 0 Å². The molecule has 0 aliphatic carbocycles. The lowest BCUT2D eigenvalue weighted by Crippen LogP contribution is -1.94. The van der Waals surface area contributed by atoms with Crippen molar-refractivity contribution in [3.05, 3.63) is 33.1 Å². The minimum absolute atomic E-state index is 0.330. The summed E-state index contributed by atoms with van der Waals surface area (Å²) in [6.07, 6.45) is 0. The highest BCUT2D eigenvalue weighted by molar-refractivity contribution is 9.10. The van der Waals surface area contributed by atoms with Gasteiger partial charge in [0.15, 0.2) is 0 Å². The molecular weight excluding hydrogens is 288 g/mol. The number of hydrogen-bond donors (Lipinski definition) is 1. The van der Waals surface area contributed by atoms with E-state index in [4.69, 9.17) is 5.11 Å². The summed E-state index contributed by atoms with van der Waals surface area (Å²) in [4.78, 5) is 11.9. The first-order valence-electron chi connectivity index (χ1n) is 5.01. The van der Waals surface area contributed by atoms with Crippen molar-refractivity contribution in [2.45, 2.75) is 20.8 Å². The van der Waals surface area contributed by atoms with Crippen molar-refractivity contribution < 1.29 is 9.90 Å². The van der Waals surface area contributed by atoms with Crippen LogP contribution in [-0.4, -0.2) is 11.1 Å². The fourth-order valence-electron chi connectivity index (χ4n) is 1.32. The first-order valence-corrected chi connectivity index (χ1v) is 6.62.